The summed E-state index contributed by atoms with van der Waals surface area (Å²) < 4.78 is 65.4. The average Bonchev–Trinajstić information content (AvgIpc) is 3.17. The lowest BCUT2D eigenvalue weighted by Gasteiger charge is -2.37. The molecule has 29 heavy (non-hydrogen) atoms. The summed E-state index contributed by atoms with van der Waals surface area (Å²) in [7, 11) is 1.58. The molecule has 0 atom stereocenters. The maximum Gasteiger partial charge on any atom is 0.416 e. The minimum Gasteiger partial charge on any atom is -0.368 e. The molecule has 3 rings (SSSR count). The third-order valence-electron chi connectivity index (χ3n) is 4.69. The Kier molecular flexibility index (Phi) is 6.23. The van der Waals surface area contributed by atoms with Crippen LogP contribution in [0.5, 0.6) is 0 Å². The smallest absolute Gasteiger partial charge is 0.368 e. The van der Waals surface area contributed by atoms with Crippen LogP contribution in [0.2, 0.25) is 0 Å². The van der Waals surface area contributed by atoms with Gasteiger partial charge in [0.2, 0.25) is 0 Å². The number of anilines is 1. The normalized spacial score (nSPS) is 15.9. The summed E-state index contributed by atoms with van der Waals surface area (Å²) in [4.78, 5) is 11.9. The molecule has 2 aromatic rings. The molecule has 0 aliphatic carbocycles. The van der Waals surface area contributed by atoms with Crippen LogP contribution in [0.3, 0.4) is 0 Å². The molecule has 1 fully saturated rings. The molecule has 0 unspecified atom stereocenters. The summed E-state index contributed by atoms with van der Waals surface area (Å²) in [5.41, 5.74) is -0.161. The molecule has 6 nitrogen and oxygen atoms in total. The van der Waals surface area contributed by atoms with Gasteiger partial charge in [-0.1, -0.05) is 6.07 Å². The number of hydrogen-bond acceptors (Lipinski definition) is 3. The Morgan fingerprint density at radius 1 is 1.21 bits per heavy atom. The second-order valence-electron chi connectivity index (χ2n) is 6.45. The van der Waals surface area contributed by atoms with Gasteiger partial charge in [-0.05, 0) is 18.2 Å². The fraction of sp³-hybridized carbons (Fsp3) is 0.444. The first-order valence-electron chi connectivity index (χ1n) is 8.97. The Balaban J connectivity index is 1.58. The lowest BCUT2D eigenvalue weighted by molar-refractivity contribution is -0.137. The molecule has 1 aliphatic heterocycles. The first-order valence-corrected chi connectivity index (χ1v) is 8.97. The number of nitrogens with zero attached hydrogens (tertiary/aromatic N) is 5. The second kappa shape index (κ2) is 8.66. The van der Waals surface area contributed by atoms with Crippen LogP contribution in [0.4, 0.5) is 27.6 Å². The highest BCUT2D eigenvalue weighted by molar-refractivity contribution is 5.80. The number of rotatable bonds is 4. The molecule has 11 heteroatoms. The number of aromatic nitrogens is 2. The molecule has 0 bridgehead atoms. The molecular weight excluding hydrogens is 395 g/mol. The first kappa shape index (κ1) is 20.9. The molecule has 1 aromatic heterocycles. The zero-order chi connectivity index (χ0) is 21.0. The van der Waals surface area contributed by atoms with Crippen molar-refractivity contribution >= 4 is 11.6 Å². The monoisotopic (exact) mass is 416 g/mol. The van der Waals surface area contributed by atoms with Gasteiger partial charge in [0.05, 0.1) is 12.1 Å². The van der Waals surface area contributed by atoms with Gasteiger partial charge in [-0.2, -0.15) is 22.0 Å². The summed E-state index contributed by atoms with van der Waals surface area (Å²) in [6, 6.07) is 5.25. The standard InChI is InChI=1S/C18H21F5N6/c1-24-17(26-12-15-25-5-6-29(15)16(19)20)28-9-7-27(8-10-28)14-4-2-3-13(11-14)18(21,22)23/h2-6,11,16H,7-10,12H2,1H3,(H,24,26). The zero-order valence-electron chi connectivity index (χ0n) is 15.7. The van der Waals surface area contributed by atoms with E-state index >= 15 is 0 Å². The fourth-order valence-electron chi connectivity index (χ4n) is 3.20. The highest BCUT2D eigenvalue weighted by atomic mass is 19.4. The number of benzene rings is 1. The minimum atomic E-state index is -4.38. The summed E-state index contributed by atoms with van der Waals surface area (Å²) in [5, 5.41) is 3.01. The third-order valence-corrected chi connectivity index (χ3v) is 4.69. The Bertz CT molecular complexity index is 839. The molecule has 0 saturated carbocycles. The van der Waals surface area contributed by atoms with Gasteiger partial charge in [-0.3, -0.25) is 9.56 Å². The third kappa shape index (κ3) is 4.96. The largest absolute Gasteiger partial charge is 0.416 e. The molecule has 1 aliphatic rings. The number of alkyl halides is 5. The van der Waals surface area contributed by atoms with Crippen LogP contribution < -0.4 is 10.2 Å². The van der Waals surface area contributed by atoms with Crippen LogP contribution in [0, 0.1) is 0 Å². The van der Waals surface area contributed by atoms with Crippen LogP contribution >= 0.6 is 0 Å². The molecule has 0 radical (unpaired) electrons. The number of hydrogen-bond donors (Lipinski definition) is 1. The topological polar surface area (TPSA) is 48.7 Å². The molecule has 0 spiro atoms. The summed E-state index contributed by atoms with van der Waals surface area (Å²) in [6.07, 6.45) is -1.87. The van der Waals surface area contributed by atoms with Gasteiger partial charge in [0, 0.05) is 51.3 Å². The maximum atomic E-state index is 12.9. The number of piperazine rings is 1. The van der Waals surface area contributed by atoms with Crippen molar-refractivity contribution in [2.75, 3.05) is 38.1 Å². The van der Waals surface area contributed by atoms with Gasteiger partial charge in [-0.25, -0.2) is 4.98 Å². The predicted molar refractivity (Wildman–Crippen MR) is 98.9 cm³/mol. The van der Waals surface area contributed by atoms with Crippen molar-refractivity contribution in [3.8, 4) is 0 Å². The molecular formula is C18H21F5N6. The number of guanidine groups is 1. The van der Waals surface area contributed by atoms with Gasteiger partial charge in [0.15, 0.2) is 5.96 Å². The number of imidazole rings is 1. The van der Waals surface area contributed by atoms with Crippen LogP contribution in [0.15, 0.2) is 41.7 Å². The van der Waals surface area contributed by atoms with Gasteiger partial charge in [0.1, 0.15) is 5.82 Å². The van der Waals surface area contributed by atoms with Crippen LogP contribution in [-0.2, 0) is 12.7 Å². The highest BCUT2D eigenvalue weighted by Crippen LogP contribution is 2.31. The van der Waals surface area contributed by atoms with Crippen molar-refractivity contribution in [2.24, 2.45) is 4.99 Å². The van der Waals surface area contributed by atoms with E-state index < -0.39 is 18.3 Å². The first-order chi connectivity index (χ1) is 13.8. The zero-order valence-corrected chi connectivity index (χ0v) is 15.7. The maximum absolute atomic E-state index is 12.9. The summed E-state index contributed by atoms with van der Waals surface area (Å²) in [5.74, 6) is 0.710. The molecule has 1 N–H and O–H groups in total. The van der Waals surface area contributed by atoms with E-state index in [1.165, 1.54) is 18.5 Å². The Hall–Kier alpha value is -2.85. The quantitative estimate of drug-likeness (QED) is 0.473. The van der Waals surface area contributed by atoms with Gasteiger partial charge in [-0.15, -0.1) is 0 Å². The van der Waals surface area contributed by atoms with Crippen molar-refractivity contribution in [1.82, 2.24) is 19.8 Å². The van der Waals surface area contributed by atoms with E-state index in [1.54, 1.807) is 13.1 Å². The molecule has 0 amide bonds. The average molecular weight is 416 g/mol. The van der Waals surface area contributed by atoms with E-state index in [0.29, 0.717) is 37.8 Å². The van der Waals surface area contributed by atoms with E-state index in [4.69, 9.17) is 0 Å². The van der Waals surface area contributed by atoms with E-state index in [0.717, 1.165) is 16.7 Å². The highest BCUT2D eigenvalue weighted by Gasteiger charge is 2.31. The van der Waals surface area contributed by atoms with Crippen LogP contribution in [0.25, 0.3) is 0 Å². The predicted octanol–water partition coefficient (Wildman–Crippen LogP) is 3.19. The second-order valence-corrected chi connectivity index (χ2v) is 6.45. The van der Waals surface area contributed by atoms with Crippen molar-refractivity contribution in [2.45, 2.75) is 19.3 Å². The Morgan fingerprint density at radius 2 is 1.93 bits per heavy atom. The molecule has 158 valence electrons. The molecule has 1 aromatic carbocycles. The number of nitrogens with one attached hydrogen (secondary N) is 1. The Morgan fingerprint density at radius 3 is 2.55 bits per heavy atom. The van der Waals surface area contributed by atoms with Crippen molar-refractivity contribution < 1.29 is 22.0 Å². The van der Waals surface area contributed by atoms with Crippen LogP contribution in [0.1, 0.15) is 17.9 Å². The van der Waals surface area contributed by atoms with Crippen molar-refractivity contribution in [3.63, 3.8) is 0 Å². The van der Waals surface area contributed by atoms with E-state index in [9.17, 15) is 22.0 Å². The Labute approximate surface area is 164 Å². The van der Waals surface area contributed by atoms with Gasteiger partial charge in [0.25, 0.3) is 0 Å². The van der Waals surface area contributed by atoms with Crippen molar-refractivity contribution in [3.05, 3.63) is 48.0 Å². The minimum absolute atomic E-state index is 0.0812. The van der Waals surface area contributed by atoms with E-state index in [2.05, 4.69) is 15.3 Å². The summed E-state index contributed by atoms with van der Waals surface area (Å²) in [6.45, 7) is -0.523. The fourth-order valence-corrected chi connectivity index (χ4v) is 3.20. The van der Waals surface area contributed by atoms with Gasteiger partial charge < -0.3 is 15.1 Å². The van der Waals surface area contributed by atoms with Crippen LogP contribution in [-0.4, -0.2) is 53.6 Å². The van der Waals surface area contributed by atoms with Crippen molar-refractivity contribution in [1.29, 1.82) is 0 Å². The molecule has 1 saturated heterocycles. The van der Waals surface area contributed by atoms with E-state index in [-0.39, 0.29) is 12.4 Å². The lowest BCUT2D eigenvalue weighted by Crippen LogP contribution is -2.52. The van der Waals surface area contributed by atoms with E-state index in [1.807, 2.05) is 9.80 Å². The summed E-state index contributed by atoms with van der Waals surface area (Å²) >= 11 is 0. The lowest BCUT2D eigenvalue weighted by atomic mass is 10.1. The number of aliphatic imine (C=N–C) groups is 1. The SMILES string of the molecule is CN=C(NCc1nccn1C(F)F)N1CCN(c2cccc(C(F)(F)F)c2)CC1. The molecule has 2 heterocycles. The number of halogens is 5. The van der Waals surface area contributed by atoms with Gasteiger partial charge >= 0.3 is 12.7 Å².